The van der Waals surface area contributed by atoms with Crippen molar-refractivity contribution >= 4 is 35.0 Å². The molecule has 6 N–H and O–H groups in total. The van der Waals surface area contributed by atoms with Crippen molar-refractivity contribution in [2.45, 2.75) is 13.5 Å². The van der Waals surface area contributed by atoms with Crippen molar-refractivity contribution in [2.24, 2.45) is 9.98 Å². The molecule has 0 aliphatic rings. The first-order valence-electron chi connectivity index (χ1n) is 16.1. The van der Waals surface area contributed by atoms with Crippen LogP contribution in [-0.2, 0) is 16.0 Å². The number of amidine groups is 1. The Morgan fingerprint density at radius 3 is 2.08 bits per heavy atom. The number of carbonyl (C=O) groups excluding carboxylic acids is 2. The third kappa shape index (κ3) is 13.7. The van der Waals surface area contributed by atoms with Crippen LogP contribution in [0, 0.1) is 5.82 Å². The van der Waals surface area contributed by atoms with Gasteiger partial charge in [0.2, 0.25) is 5.96 Å². The third-order valence-corrected chi connectivity index (χ3v) is 6.99. The number of phenolic OH excluding ortho intramolecular Hbond substituents is 1. The summed E-state index contributed by atoms with van der Waals surface area (Å²) in [5, 5.41) is 24.8. The Kier molecular flexibility index (Phi) is 15.2. The van der Waals surface area contributed by atoms with Gasteiger partial charge in [-0.25, -0.2) is 9.38 Å². The predicted octanol–water partition coefficient (Wildman–Crippen LogP) is 4.77. The van der Waals surface area contributed by atoms with E-state index in [1.54, 1.807) is 72.8 Å². The number of ether oxygens (including phenoxy) is 2. The predicted molar refractivity (Wildman–Crippen MR) is 193 cm³/mol. The average Bonchev–Trinajstić information content (AvgIpc) is 3.13. The summed E-state index contributed by atoms with van der Waals surface area (Å²) in [6.07, 6.45) is 0. The van der Waals surface area contributed by atoms with E-state index in [2.05, 4.69) is 36.6 Å². The second kappa shape index (κ2) is 20.5. The van der Waals surface area contributed by atoms with Gasteiger partial charge in [-0.2, -0.15) is 0 Å². The van der Waals surface area contributed by atoms with Crippen LogP contribution < -0.4 is 26.6 Å². The molecule has 12 nitrogen and oxygen atoms in total. The summed E-state index contributed by atoms with van der Waals surface area (Å²) in [5.41, 5.74) is 3.37. The lowest BCUT2D eigenvalue weighted by Crippen LogP contribution is -2.35. The number of halogens is 1. The normalized spacial score (nSPS) is 11.5. The molecule has 0 heterocycles. The van der Waals surface area contributed by atoms with Crippen molar-refractivity contribution in [2.75, 3.05) is 56.8 Å². The highest BCUT2D eigenvalue weighted by Crippen LogP contribution is 2.14. The Morgan fingerprint density at radius 2 is 1.36 bits per heavy atom. The minimum Gasteiger partial charge on any atom is -0.508 e. The van der Waals surface area contributed by atoms with Crippen molar-refractivity contribution in [1.82, 2.24) is 16.0 Å². The molecule has 0 aliphatic heterocycles. The number of hydrogen-bond donors (Lipinski definition) is 6. The number of guanidine groups is 1. The minimum atomic E-state index is -0.324. The van der Waals surface area contributed by atoms with Crippen LogP contribution in [0.4, 0.5) is 15.8 Å². The molecule has 13 heteroatoms. The number of nitrogens with one attached hydrogen (secondary N) is 5. The van der Waals surface area contributed by atoms with Gasteiger partial charge in [0, 0.05) is 35.6 Å². The Balaban J connectivity index is 1.17. The van der Waals surface area contributed by atoms with Gasteiger partial charge in [-0.1, -0.05) is 30.3 Å². The van der Waals surface area contributed by atoms with Gasteiger partial charge in [0.1, 0.15) is 18.2 Å². The van der Waals surface area contributed by atoms with Crippen molar-refractivity contribution < 1.29 is 28.6 Å². The zero-order valence-electron chi connectivity index (χ0n) is 27.8. The third-order valence-electron chi connectivity index (χ3n) is 6.99. The second-order valence-electron chi connectivity index (χ2n) is 10.8. The summed E-state index contributed by atoms with van der Waals surface area (Å²) >= 11 is 0. The van der Waals surface area contributed by atoms with Crippen molar-refractivity contribution in [3.05, 3.63) is 126 Å². The quantitative estimate of drug-likeness (QED) is 0.0402. The molecule has 0 saturated heterocycles. The molecule has 262 valence electrons. The molecule has 0 fully saturated rings. The van der Waals surface area contributed by atoms with E-state index in [1.165, 1.54) is 12.1 Å². The number of benzene rings is 4. The smallest absolute Gasteiger partial charge is 0.251 e. The first-order chi connectivity index (χ1) is 24.4. The molecule has 0 radical (unpaired) electrons. The Bertz CT molecular complexity index is 1680. The summed E-state index contributed by atoms with van der Waals surface area (Å²) in [6, 6.07) is 28.5. The highest BCUT2D eigenvalue weighted by Gasteiger charge is 2.07. The van der Waals surface area contributed by atoms with Gasteiger partial charge in [-0.05, 0) is 85.3 Å². The fourth-order valence-corrected chi connectivity index (χ4v) is 4.37. The molecule has 0 aromatic heterocycles. The van der Waals surface area contributed by atoms with Crippen LogP contribution in [0.25, 0.3) is 0 Å². The summed E-state index contributed by atoms with van der Waals surface area (Å²) in [7, 11) is 0. The molecule has 0 atom stereocenters. The fraction of sp³-hybridized carbons (Fsp3) is 0.243. The lowest BCUT2D eigenvalue weighted by molar-refractivity contribution is 0.0512. The zero-order chi connectivity index (χ0) is 35.4. The average molecular weight is 684 g/mol. The maximum absolute atomic E-state index is 13.1. The van der Waals surface area contributed by atoms with E-state index in [-0.39, 0.29) is 30.0 Å². The van der Waals surface area contributed by atoms with E-state index in [0.29, 0.717) is 74.7 Å². The number of phenols is 1. The van der Waals surface area contributed by atoms with Crippen molar-refractivity contribution in [3.63, 3.8) is 0 Å². The van der Waals surface area contributed by atoms with Crippen LogP contribution >= 0.6 is 0 Å². The lowest BCUT2D eigenvalue weighted by atomic mass is 10.1. The van der Waals surface area contributed by atoms with Crippen molar-refractivity contribution in [1.29, 1.82) is 0 Å². The van der Waals surface area contributed by atoms with Gasteiger partial charge in [0.15, 0.2) is 0 Å². The maximum Gasteiger partial charge on any atom is 0.251 e. The van der Waals surface area contributed by atoms with Crippen LogP contribution in [0.2, 0.25) is 0 Å². The molecule has 0 bridgehead atoms. The van der Waals surface area contributed by atoms with Crippen LogP contribution in [-0.4, -0.2) is 74.9 Å². The Hall–Kier alpha value is -5.79. The number of aromatic hydroxyl groups is 1. The number of hydrogen-bond acceptors (Lipinski definition) is 8. The summed E-state index contributed by atoms with van der Waals surface area (Å²) in [4.78, 5) is 33.6. The van der Waals surface area contributed by atoms with E-state index in [9.17, 15) is 19.1 Å². The highest BCUT2D eigenvalue weighted by molar-refractivity contribution is 6.05. The molecule has 0 saturated carbocycles. The molecule has 4 aromatic carbocycles. The zero-order valence-corrected chi connectivity index (χ0v) is 27.8. The number of carbonyl (C=O) groups is 2. The highest BCUT2D eigenvalue weighted by atomic mass is 19.1. The SMILES string of the molecule is CC(=NCCOCCOCCNC(=O)c1ccccc1)N/C(=N\CNc1ccc(C(=O)NCc2ccc(F)cc2)cc1)Nc1ccc(O)cc1. The summed E-state index contributed by atoms with van der Waals surface area (Å²) in [6.45, 7) is 4.72. The molecular formula is C37H42FN7O5. The van der Waals surface area contributed by atoms with E-state index < -0.39 is 0 Å². The van der Waals surface area contributed by atoms with Crippen molar-refractivity contribution in [3.8, 4) is 5.75 Å². The molecule has 0 spiro atoms. The number of rotatable bonds is 17. The summed E-state index contributed by atoms with van der Waals surface area (Å²) < 4.78 is 24.2. The van der Waals surface area contributed by atoms with E-state index in [1.807, 2.05) is 25.1 Å². The lowest BCUT2D eigenvalue weighted by Gasteiger charge is -2.13. The largest absolute Gasteiger partial charge is 0.508 e. The van der Waals surface area contributed by atoms with Gasteiger partial charge in [-0.3, -0.25) is 14.6 Å². The van der Waals surface area contributed by atoms with Crippen LogP contribution in [0.5, 0.6) is 5.75 Å². The van der Waals surface area contributed by atoms with Gasteiger partial charge in [0.25, 0.3) is 11.8 Å². The monoisotopic (exact) mass is 683 g/mol. The maximum atomic E-state index is 13.1. The van der Waals surface area contributed by atoms with Gasteiger partial charge >= 0.3 is 0 Å². The van der Waals surface area contributed by atoms with Gasteiger partial charge < -0.3 is 41.2 Å². The summed E-state index contributed by atoms with van der Waals surface area (Å²) in [5.74, 6) is 0.489. The Morgan fingerprint density at radius 1 is 0.720 bits per heavy atom. The van der Waals surface area contributed by atoms with Crippen LogP contribution in [0.3, 0.4) is 0 Å². The fourth-order valence-electron chi connectivity index (χ4n) is 4.37. The van der Waals surface area contributed by atoms with Crippen LogP contribution in [0.15, 0.2) is 113 Å². The van der Waals surface area contributed by atoms with E-state index in [4.69, 9.17) is 9.47 Å². The number of amides is 2. The molecule has 4 aromatic rings. The number of aliphatic imine (C=N–C) groups is 2. The standard InChI is InChI=1S/C37H42FN7O5/c1-27(39-19-21-49-23-24-50-22-20-40-35(47)29-5-3-2-4-6-29)44-37(45-33-15-17-34(46)18-16-33)43-26-42-32-13-9-30(10-14-32)36(48)41-25-28-7-11-31(38)12-8-28/h2-18,42,46H,19-26H2,1H3,(H,40,47)(H,41,48)(H2,39,43,44,45). The molecule has 0 unspecified atom stereocenters. The Labute approximate surface area is 290 Å². The first-order valence-corrected chi connectivity index (χ1v) is 16.1. The topological polar surface area (TPSA) is 158 Å². The van der Waals surface area contributed by atoms with Gasteiger partial charge in [-0.15, -0.1) is 0 Å². The molecule has 4 rings (SSSR count). The minimum absolute atomic E-state index is 0.135. The first kappa shape index (κ1) is 37.0. The molecule has 2 amide bonds. The molecule has 0 aliphatic carbocycles. The van der Waals surface area contributed by atoms with E-state index in [0.717, 1.165) is 11.3 Å². The van der Waals surface area contributed by atoms with Crippen LogP contribution in [0.1, 0.15) is 33.2 Å². The number of anilines is 2. The second-order valence-corrected chi connectivity index (χ2v) is 10.8. The van der Waals surface area contributed by atoms with E-state index >= 15 is 0 Å². The molecule has 50 heavy (non-hydrogen) atoms. The van der Waals surface area contributed by atoms with Gasteiger partial charge in [0.05, 0.1) is 38.8 Å². The number of nitrogens with zero attached hydrogens (tertiary/aromatic N) is 2. The molecular weight excluding hydrogens is 641 g/mol.